The molecular weight excluding hydrogens is 240 g/mol. The van der Waals surface area contributed by atoms with Crippen LogP contribution in [-0.2, 0) is 0 Å². The molecule has 0 saturated heterocycles. The first-order chi connectivity index (χ1) is 8.61. The van der Waals surface area contributed by atoms with Gasteiger partial charge in [0.05, 0.1) is 18.9 Å². The van der Waals surface area contributed by atoms with Gasteiger partial charge in [-0.3, -0.25) is 4.79 Å². The van der Waals surface area contributed by atoms with Crippen LogP contribution in [0.25, 0.3) is 0 Å². The van der Waals surface area contributed by atoms with Crippen LogP contribution in [0.15, 0.2) is 36.5 Å². The molecule has 0 atom stereocenters. The van der Waals surface area contributed by atoms with Gasteiger partial charge in [-0.25, -0.2) is 13.8 Å². The standard InChI is InChI=1S/C13H9F2NO2/c1-18-9-3-4-10(11(15)6-9)13(17)12-5-2-8(14)7-16-12/h2-7H,1H3. The van der Waals surface area contributed by atoms with Gasteiger partial charge in [-0.15, -0.1) is 0 Å². The Morgan fingerprint density at radius 3 is 2.56 bits per heavy atom. The first kappa shape index (κ1) is 12.2. The van der Waals surface area contributed by atoms with Gasteiger partial charge in [0, 0.05) is 6.07 Å². The van der Waals surface area contributed by atoms with E-state index in [4.69, 9.17) is 4.74 Å². The summed E-state index contributed by atoms with van der Waals surface area (Å²) in [6.45, 7) is 0. The first-order valence-electron chi connectivity index (χ1n) is 5.11. The number of halogens is 2. The monoisotopic (exact) mass is 249 g/mol. The van der Waals surface area contributed by atoms with Gasteiger partial charge in [0.2, 0.25) is 5.78 Å². The summed E-state index contributed by atoms with van der Waals surface area (Å²) in [6, 6.07) is 6.20. The van der Waals surface area contributed by atoms with Crippen molar-refractivity contribution < 1.29 is 18.3 Å². The lowest BCUT2D eigenvalue weighted by Gasteiger charge is -2.04. The minimum Gasteiger partial charge on any atom is -0.497 e. The van der Waals surface area contributed by atoms with Crippen molar-refractivity contribution in [1.82, 2.24) is 4.98 Å². The van der Waals surface area contributed by atoms with E-state index < -0.39 is 17.4 Å². The molecule has 0 aliphatic carbocycles. The molecule has 0 spiro atoms. The first-order valence-corrected chi connectivity index (χ1v) is 5.11. The van der Waals surface area contributed by atoms with Crippen LogP contribution in [0.3, 0.4) is 0 Å². The largest absolute Gasteiger partial charge is 0.497 e. The van der Waals surface area contributed by atoms with Crippen LogP contribution in [0, 0.1) is 11.6 Å². The second-order valence-electron chi connectivity index (χ2n) is 3.54. The number of hydrogen-bond donors (Lipinski definition) is 0. The minimum atomic E-state index is -0.703. The number of pyridine rings is 1. The molecule has 2 aromatic rings. The lowest BCUT2D eigenvalue weighted by Crippen LogP contribution is -2.06. The van der Waals surface area contributed by atoms with Crippen molar-refractivity contribution >= 4 is 5.78 Å². The zero-order valence-electron chi connectivity index (χ0n) is 9.48. The van der Waals surface area contributed by atoms with Crippen LogP contribution in [0.2, 0.25) is 0 Å². The highest BCUT2D eigenvalue weighted by molar-refractivity contribution is 6.07. The number of methoxy groups -OCH3 is 1. The topological polar surface area (TPSA) is 39.2 Å². The molecule has 1 aromatic carbocycles. The van der Waals surface area contributed by atoms with Gasteiger partial charge >= 0.3 is 0 Å². The maximum atomic E-state index is 13.6. The van der Waals surface area contributed by atoms with E-state index in [1.165, 1.54) is 25.3 Å². The third kappa shape index (κ3) is 2.34. The quantitative estimate of drug-likeness (QED) is 0.785. The fourth-order valence-corrected chi connectivity index (χ4v) is 1.46. The van der Waals surface area contributed by atoms with Crippen molar-refractivity contribution in [3.63, 3.8) is 0 Å². The summed E-state index contributed by atoms with van der Waals surface area (Å²) >= 11 is 0. The SMILES string of the molecule is COc1ccc(C(=O)c2ccc(F)cn2)c(F)c1. The molecule has 2 rings (SSSR count). The van der Waals surface area contributed by atoms with Crippen LogP contribution in [0.4, 0.5) is 8.78 Å². The minimum absolute atomic E-state index is 0.0135. The Balaban J connectivity index is 2.37. The maximum absolute atomic E-state index is 13.6. The number of carbonyl (C=O) groups excluding carboxylic acids is 1. The van der Waals surface area contributed by atoms with Crippen LogP contribution < -0.4 is 4.74 Å². The normalized spacial score (nSPS) is 10.2. The summed E-state index contributed by atoms with van der Waals surface area (Å²) in [6.07, 6.45) is 0.911. The van der Waals surface area contributed by atoms with Crippen molar-refractivity contribution in [2.75, 3.05) is 7.11 Å². The average Bonchev–Trinajstić information content (AvgIpc) is 2.38. The fraction of sp³-hybridized carbons (Fsp3) is 0.0769. The summed E-state index contributed by atoms with van der Waals surface area (Å²) < 4.78 is 31.2. The molecule has 0 aliphatic heterocycles. The zero-order chi connectivity index (χ0) is 13.1. The van der Waals surface area contributed by atoms with Crippen molar-refractivity contribution in [1.29, 1.82) is 0 Å². The van der Waals surface area contributed by atoms with Crippen LogP contribution in [0.5, 0.6) is 5.75 Å². The van der Waals surface area contributed by atoms with E-state index in [-0.39, 0.29) is 11.3 Å². The van der Waals surface area contributed by atoms with Crippen molar-refractivity contribution in [3.05, 3.63) is 59.4 Å². The number of benzene rings is 1. The maximum Gasteiger partial charge on any atom is 0.214 e. The van der Waals surface area contributed by atoms with Gasteiger partial charge in [0.15, 0.2) is 0 Å². The highest BCUT2D eigenvalue weighted by Gasteiger charge is 2.15. The number of nitrogens with zero attached hydrogens (tertiary/aromatic N) is 1. The molecule has 0 saturated carbocycles. The van der Waals surface area contributed by atoms with Gasteiger partial charge in [-0.1, -0.05) is 0 Å². The number of aromatic nitrogens is 1. The number of hydrogen-bond acceptors (Lipinski definition) is 3. The molecule has 0 unspecified atom stereocenters. The lowest BCUT2D eigenvalue weighted by atomic mass is 10.1. The van der Waals surface area contributed by atoms with E-state index in [9.17, 15) is 13.6 Å². The van der Waals surface area contributed by atoms with Crippen molar-refractivity contribution in [3.8, 4) is 5.75 Å². The van der Waals surface area contributed by atoms with E-state index in [0.717, 1.165) is 18.3 Å². The van der Waals surface area contributed by atoms with Crippen LogP contribution >= 0.6 is 0 Å². The van der Waals surface area contributed by atoms with Gasteiger partial charge < -0.3 is 4.74 Å². The molecule has 92 valence electrons. The zero-order valence-corrected chi connectivity index (χ0v) is 9.48. The van der Waals surface area contributed by atoms with Crippen LogP contribution in [0.1, 0.15) is 16.1 Å². The van der Waals surface area contributed by atoms with E-state index in [0.29, 0.717) is 5.75 Å². The Morgan fingerprint density at radius 2 is 2.00 bits per heavy atom. The summed E-state index contributed by atoms with van der Waals surface area (Å²) in [4.78, 5) is 15.5. The summed E-state index contributed by atoms with van der Waals surface area (Å²) in [5.74, 6) is -1.54. The second kappa shape index (κ2) is 4.91. The molecule has 0 fully saturated rings. The highest BCUT2D eigenvalue weighted by atomic mass is 19.1. The molecule has 0 bridgehead atoms. The fourth-order valence-electron chi connectivity index (χ4n) is 1.46. The molecule has 0 aliphatic rings. The molecule has 0 radical (unpaired) electrons. The van der Waals surface area contributed by atoms with E-state index >= 15 is 0 Å². The molecule has 0 amide bonds. The molecule has 5 heteroatoms. The summed E-state index contributed by atoms with van der Waals surface area (Å²) in [7, 11) is 1.40. The molecule has 18 heavy (non-hydrogen) atoms. The Labute approximate surface area is 102 Å². The van der Waals surface area contributed by atoms with Crippen molar-refractivity contribution in [2.45, 2.75) is 0 Å². The Hall–Kier alpha value is -2.30. The smallest absolute Gasteiger partial charge is 0.214 e. The Morgan fingerprint density at radius 1 is 1.22 bits per heavy atom. The van der Waals surface area contributed by atoms with E-state index in [1.807, 2.05) is 0 Å². The molecule has 1 aromatic heterocycles. The van der Waals surface area contributed by atoms with Crippen molar-refractivity contribution in [2.24, 2.45) is 0 Å². The average molecular weight is 249 g/mol. The number of rotatable bonds is 3. The summed E-state index contributed by atoms with van der Waals surface area (Å²) in [5, 5.41) is 0. The number of carbonyl (C=O) groups is 1. The Bertz CT molecular complexity index is 582. The number of ketones is 1. The molecule has 1 heterocycles. The van der Waals surface area contributed by atoms with Gasteiger partial charge in [0.1, 0.15) is 23.1 Å². The van der Waals surface area contributed by atoms with E-state index in [1.54, 1.807) is 0 Å². The van der Waals surface area contributed by atoms with Gasteiger partial charge in [-0.2, -0.15) is 0 Å². The van der Waals surface area contributed by atoms with Gasteiger partial charge in [-0.05, 0) is 24.3 Å². The Kier molecular flexibility index (Phi) is 3.32. The number of ether oxygens (including phenoxy) is 1. The molecule has 0 N–H and O–H groups in total. The highest BCUT2D eigenvalue weighted by Crippen LogP contribution is 2.18. The predicted octanol–water partition coefficient (Wildman–Crippen LogP) is 2.60. The third-order valence-electron chi connectivity index (χ3n) is 2.38. The second-order valence-corrected chi connectivity index (χ2v) is 3.54. The lowest BCUT2D eigenvalue weighted by molar-refractivity contribution is 0.103. The summed E-state index contributed by atoms with van der Waals surface area (Å²) in [5.41, 5.74) is -0.143. The van der Waals surface area contributed by atoms with Gasteiger partial charge in [0.25, 0.3) is 0 Å². The van der Waals surface area contributed by atoms with Crippen LogP contribution in [-0.4, -0.2) is 17.9 Å². The molecule has 3 nitrogen and oxygen atoms in total. The predicted molar refractivity (Wildman–Crippen MR) is 60.6 cm³/mol. The third-order valence-corrected chi connectivity index (χ3v) is 2.38. The van der Waals surface area contributed by atoms with E-state index in [2.05, 4.69) is 4.98 Å². The molecular formula is C13H9F2NO2.